The van der Waals surface area contributed by atoms with Crippen LogP contribution in [0.4, 0.5) is 5.69 Å². The predicted octanol–water partition coefficient (Wildman–Crippen LogP) is 2.77. The van der Waals surface area contributed by atoms with Gasteiger partial charge in [-0.15, -0.1) is 0 Å². The molecule has 0 saturated carbocycles. The molecule has 0 amide bonds. The van der Waals surface area contributed by atoms with E-state index in [1.807, 2.05) is 25.2 Å². The van der Waals surface area contributed by atoms with Crippen molar-refractivity contribution in [1.82, 2.24) is 5.32 Å². The van der Waals surface area contributed by atoms with Gasteiger partial charge < -0.3 is 10.2 Å². The maximum Gasteiger partial charge on any atom is 0.101 e. The van der Waals surface area contributed by atoms with Crippen molar-refractivity contribution >= 4 is 5.69 Å². The molecule has 1 aliphatic heterocycles. The van der Waals surface area contributed by atoms with Crippen LogP contribution in [0.15, 0.2) is 24.3 Å². The summed E-state index contributed by atoms with van der Waals surface area (Å²) in [5, 5.41) is 12.6. The summed E-state index contributed by atoms with van der Waals surface area (Å²) >= 11 is 0. The van der Waals surface area contributed by atoms with Gasteiger partial charge in [-0.05, 0) is 58.3 Å². The molecule has 1 aromatic carbocycles. The van der Waals surface area contributed by atoms with Gasteiger partial charge in [0.05, 0.1) is 11.3 Å². The maximum absolute atomic E-state index is 9.27. The van der Waals surface area contributed by atoms with Crippen LogP contribution in [0, 0.1) is 17.2 Å². The zero-order valence-corrected chi connectivity index (χ0v) is 12.1. The van der Waals surface area contributed by atoms with E-state index in [0.29, 0.717) is 0 Å². The van der Waals surface area contributed by atoms with Crippen LogP contribution in [0.1, 0.15) is 32.3 Å². The number of nitrogens with zero attached hydrogens (tertiary/aromatic N) is 2. The first-order valence-electron chi connectivity index (χ1n) is 7.00. The van der Waals surface area contributed by atoms with E-state index in [1.54, 1.807) is 0 Å². The van der Waals surface area contributed by atoms with Crippen molar-refractivity contribution in [2.24, 2.45) is 5.92 Å². The number of benzene rings is 1. The minimum absolute atomic E-state index is 0.104. The summed E-state index contributed by atoms with van der Waals surface area (Å²) in [6, 6.07) is 10.2. The Kier molecular flexibility index (Phi) is 4.11. The Hall–Kier alpha value is -1.53. The van der Waals surface area contributed by atoms with Gasteiger partial charge in [0.1, 0.15) is 6.07 Å². The van der Waals surface area contributed by atoms with Crippen LogP contribution in [0.2, 0.25) is 0 Å². The first-order chi connectivity index (χ1) is 9.08. The fraction of sp³-hybridized carbons (Fsp3) is 0.562. The van der Waals surface area contributed by atoms with E-state index in [4.69, 9.17) is 0 Å². The highest BCUT2D eigenvalue weighted by atomic mass is 15.2. The van der Waals surface area contributed by atoms with E-state index in [9.17, 15) is 5.26 Å². The number of rotatable bonds is 3. The quantitative estimate of drug-likeness (QED) is 0.905. The van der Waals surface area contributed by atoms with E-state index in [-0.39, 0.29) is 5.54 Å². The first-order valence-corrected chi connectivity index (χ1v) is 7.00. The van der Waals surface area contributed by atoms with E-state index < -0.39 is 0 Å². The number of para-hydroxylation sites is 1. The summed E-state index contributed by atoms with van der Waals surface area (Å²) < 4.78 is 0. The Bertz CT molecular complexity index is 473. The van der Waals surface area contributed by atoms with Crippen molar-refractivity contribution in [1.29, 1.82) is 5.26 Å². The van der Waals surface area contributed by atoms with Crippen LogP contribution >= 0.6 is 0 Å². The highest BCUT2D eigenvalue weighted by Gasteiger charge is 2.35. The van der Waals surface area contributed by atoms with Crippen molar-refractivity contribution in [3.05, 3.63) is 29.8 Å². The smallest absolute Gasteiger partial charge is 0.101 e. The normalized spacial score (nSPS) is 22.0. The van der Waals surface area contributed by atoms with Crippen LogP contribution in [0.5, 0.6) is 0 Å². The summed E-state index contributed by atoms with van der Waals surface area (Å²) in [7, 11) is 2.02. The Labute approximate surface area is 116 Å². The number of hydrogen-bond acceptors (Lipinski definition) is 3. The molecular formula is C16H23N3. The number of hydrogen-bond donors (Lipinski definition) is 1. The van der Waals surface area contributed by atoms with Gasteiger partial charge in [-0.2, -0.15) is 5.26 Å². The molecule has 19 heavy (non-hydrogen) atoms. The molecule has 1 saturated heterocycles. The molecule has 0 spiro atoms. The largest absolute Gasteiger partial charge is 0.365 e. The molecule has 1 aliphatic rings. The number of nitrogens with one attached hydrogen (secondary N) is 1. The van der Waals surface area contributed by atoms with Gasteiger partial charge >= 0.3 is 0 Å². The molecule has 0 radical (unpaired) electrons. The standard InChI is InChI=1S/C16H23N3/c1-16(2)10-13(12-18-3)8-9-19(16)15-7-5-4-6-14(15)11-17/h4-7,13,18H,8-10,12H2,1-3H3. The highest BCUT2D eigenvalue weighted by Crippen LogP contribution is 2.36. The van der Waals surface area contributed by atoms with Gasteiger partial charge in [0, 0.05) is 12.1 Å². The molecule has 0 bridgehead atoms. The summed E-state index contributed by atoms with van der Waals surface area (Å²) in [5.74, 6) is 0.727. The molecule has 102 valence electrons. The Morgan fingerprint density at radius 2 is 2.16 bits per heavy atom. The van der Waals surface area contributed by atoms with Gasteiger partial charge in [-0.25, -0.2) is 0 Å². The lowest BCUT2D eigenvalue weighted by atomic mass is 9.82. The fourth-order valence-electron chi connectivity index (χ4n) is 3.25. The number of nitriles is 1. The number of anilines is 1. The molecule has 3 nitrogen and oxygen atoms in total. The lowest BCUT2D eigenvalue weighted by molar-refractivity contribution is 0.270. The lowest BCUT2D eigenvalue weighted by Gasteiger charge is -2.47. The summed E-state index contributed by atoms with van der Waals surface area (Å²) in [6.45, 7) is 6.67. The molecule has 1 heterocycles. The van der Waals surface area contributed by atoms with Crippen LogP contribution < -0.4 is 10.2 Å². The van der Waals surface area contributed by atoms with Crippen molar-refractivity contribution in [3.63, 3.8) is 0 Å². The van der Waals surface area contributed by atoms with Gasteiger partial charge in [0.25, 0.3) is 0 Å². The maximum atomic E-state index is 9.27. The van der Waals surface area contributed by atoms with Crippen molar-refractivity contribution < 1.29 is 0 Å². The molecule has 3 heteroatoms. The van der Waals surface area contributed by atoms with E-state index in [2.05, 4.69) is 36.2 Å². The fourth-order valence-corrected chi connectivity index (χ4v) is 3.25. The second kappa shape index (κ2) is 5.63. The average Bonchev–Trinajstić information content (AvgIpc) is 2.38. The number of piperidine rings is 1. The second-order valence-electron chi connectivity index (χ2n) is 6.01. The zero-order chi connectivity index (χ0) is 13.9. The van der Waals surface area contributed by atoms with Crippen molar-refractivity contribution in [2.75, 3.05) is 25.0 Å². The van der Waals surface area contributed by atoms with Crippen molar-refractivity contribution in [3.8, 4) is 6.07 Å². The first kappa shape index (κ1) is 13.9. The zero-order valence-electron chi connectivity index (χ0n) is 12.1. The summed E-state index contributed by atoms with van der Waals surface area (Å²) in [4.78, 5) is 2.40. The van der Waals surface area contributed by atoms with E-state index in [1.165, 1.54) is 6.42 Å². The third-order valence-corrected chi connectivity index (χ3v) is 4.09. The Balaban J connectivity index is 2.24. The molecular weight excluding hydrogens is 234 g/mol. The van der Waals surface area contributed by atoms with Crippen LogP contribution in [-0.4, -0.2) is 25.7 Å². The second-order valence-corrected chi connectivity index (χ2v) is 6.01. The molecule has 1 fully saturated rings. The van der Waals surface area contributed by atoms with Crippen molar-refractivity contribution in [2.45, 2.75) is 32.2 Å². The van der Waals surface area contributed by atoms with E-state index >= 15 is 0 Å². The highest BCUT2D eigenvalue weighted by molar-refractivity contribution is 5.60. The third kappa shape index (κ3) is 2.90. The molecule has 1 aromatic rings. The summed E-state index contributed by atoms with van der Waals surface area (Å²) in [5.41, 5.74) is 1.97. The summed E-state index contributed by atoms with van der Waals surface area (Å²) in [6.07, 6.45) is 2.34. The van der Waals surface area contributed by atoms with Crippen LogP contribution in [0.3, 0.4) is 0 Å². The minimum Gasteiger partial charge on any atom is -0.365 e. The Morgan fingerprint density at radius 3 is 2.79 bits per heavy atom. The van der Waals surface area contributed by atoms with Gasteiger partial charge in [-0.1, -0.05) is 12.1 Å². The lowest BCUT2D eigenvalue weighted by Crippen LogP contribution is -2.51. The SMILES string of the molecule is CNCC1CCN(c2ccccc2C#N)C(C)(C)C1. The van der Waals surface area contributed by atoms with Gasteiger partial charge in [-0.3, -0.25) is 0 Å². The predicted molar refractivity (Wildman–Crippen MR) is 79.2 cm³/mol. The molecule has 1 atom stereocenters. The topological polar surface area (TPSA) is 39.1 Å². The Morgan fingerprint density at radius 1 is 1.42 bits per heavy atom. The minimum atomic E-state index is 0.104. The van der Waals surface area contributed by atoms with Crippen LogP contribution in [0.25, 0.3) is 0 Å². The van der Waals surface area contributed by atoms with Gasteiger partial charge in [0.2, 0.25) is 0 Å². The van der Waals surface area contributed by atoms with Gasteiger partial charge in [0.15, 0.2) is 0 Å². The van der Waals surface area contributed by atoms with E-state index in [0.717, 1.165) is 36.7 Å². The molecule has 0 aromatic heterocycles. The third-order valence-electron chi connectivity index (χ3n) is 4.09. The molecule has 1 unspecified atom stereocenters. The molecule has 2 rings (SSSR count). The molecule has 1 N–H and O–H groups in total. The monoisotopic (exact) mass is 257 g/mol. The van der Waals surface area contributed by atoms with Crippen LogP contribution in [-0.2, 0) is 0 Å². The molecule has 0 aliphatic carbocycles. The average molecular weight is 257 g/mol.